The van der Waals surface area contributed by atoms with E-state index in [4.69, 9.17) is 9.90 Å². The molecule has 15 heteroatoms. The first kappa shape index (κ1) is 28.7. The van der Waals surface area contributed by atoms with Crippen LogP contribution in [0.4, 0.5) is 34.6 Å². The molecular formula is C23H21F4N3O6S2. The molecule has 204 valence electrons. The van der Waals surface area contributed by atoms with Gasteiger partial charge in [0.15, 0.2) is 0 Å². The summed E-state index contributed by atoms with van der Waals surface area (Å²) < 4.78 is 74.0. The summed E-state index contributed by atoms with van der Waals surface area (Å²) in [6.07, 6.45) is -5.08. The second-order valence-corrected chi connectivity index (χ2v) is 10.7. The van der Waals surface area contributed by atoms with E-state index in [2.05, 4.69) is 4.72 Å². The first-order valence-corrected chi connectivity index (χ1v) is 13.1. The molecule has 1 aliphatic heterocycles. The first-order chi connectivity index (χ1) is 17.8. The smallest absolute Gasteiger partial charge is 0.478 e. The zero-order valence-electron chi connectivity index (χ0n) is 19.4. The van der Waals surface area contributed by atoms with Crippen molar-refractivity contribution in [3.8, 4) is 0 Å². The highest BCUT2D eigenvalue weighted by Crippen LogP contribution is 2.32. The number of aromatic carboxylic acids is 1. The number of piperazine rings is 1. The molecule has 2 heterocycles. The normalized spacial score (nSPS) is 13.9. The molecule has 0 bridgehead atoms. The minimum atomic E-state index is -5.08. The fraction of sp³-hybridized carbons (Fsp3) is 0.217. The molecule has 0 saturated carbocycles. The molecule has 1 aliphatic rings. The minimum Gasteiger partial charge on any atom is -0.478 e. The third-order valence-corrected chi connectivity index (χ3v) is 8.07. The fourth-order valence-electron chi connectivity index (χ4n) is 3.53. The Kier molecular flexibility index (Phi) is 8.83. The van der Waals surface area contributed by atoms with E-state index in [9.17, 15) is 35.9 Å². The maximum atomic E-state index is 14.1. The van der Waals surface area contributed by atoms with E-state index < -0.39 is 28.1 Å². The van der Waals surface area contributed by atoms with E-state index in [0.29, 0.717) is 37.6 Å². The van der Waals surface area contributed by atoms with Crippen LogP contribution in [0, 0.1) is 5.82 Å². The molecule has 0 atom stereocenters. The molecular weight excluding hydrogens is 554 g/mol. The lowest BCUT2D eigenvalue weighted by Gasteiger charge is -2.38. The van der Waals surface area contributed by atoms with Gasteiger partial charge in [0.1, 0.15) is 10.0 Å². The van der Waals surface area contributed by atoms with Gasteiger partial charge in [-0.25, -0.2) is 22.4 Å². The van der Waals surface area contributed by atoms with Crippen molar-refractivity contribution in [3.05, 3.63) is 71.4 Å². The van der Waals surface area contributed by atoms with Gasteiger partial charge in [0.25, 0.3) is 10.0 Å². The number of carboxylic acids is 2. The van der Waals surface area contributed by atoms with Crippen molar-refractivity contribution < 1.29 is 45.8 Å². The number of para-hydroxylation sites is 1. The van der Waals surface area contributed by atoms with Crippen LogP contribution in [0.5, 0.6) is 0 Å². The van der Waals surface area contributed by atoms with Crippen LogP contribution in [0.3, 0.4) is 0 Å². The van der Waals surface area contributed by atoms with Gasteiger partial charge in [-0.3, -0.25) is 4.72 Å². The number of benzene rings is 2. The van der Waals surface area contributed by atoms with E-state index in [1.54, 1.807) is 35.7 Å². The van der Waals surface area contributed by atoms with Crippen LogP contribution >= 0.6 is 11.3 Å². The second kappa shape index (κ2) is 11.7. The summed E-state index contributed by atoms with van der Waals surface area (Å²) >= 11 is 1.08. The molecule has 0 radical (unpaired) electrons. The molecule has 0 spiro atoms. The number of hydrogen-bond donors (Lipinski definition) is 3. The second-order valence-electron chi connectivity index (χ2n) is 7.80. The number of hydrogen-bond acceptors (Lipinski definition) is 7. The third-order valence-electron chi connectivity index (χ3n) is 5.30. The highest BCUT2D eigenvalue weighted by molar-refractivity contribution is 7.94. The number of alkyl halides is 3. The maximum absolute atomic E-state index is 14.1. The van der Waals surface area contributed by atoms with Crippen molar-refractivity contribution in [2.24, 2.45) is 0 Å². The molecule has 1 fully saturated rings. The lowest BCUT2D eigenvalue weighted by atomic mass is 10.1. The molecule has 3 N–H and O–H groups in total. The largest absolute Gasteiger partial charge is 0.490 e. The van der Waals surface area contributed by atoms with Gasteiger partial charge < -0.3 is 20.0 Å². The van der Waals surface area contributed by atoms with Gasteiger partial charge in [0.2, 0.25) is 0 Å². The number of aliphatic carboxylic acids is 1. The highest BCUT2D eigenvalue weighted by atomic mass is 32.2. The third kappa shape index (κ3) is 7.13. The Balaban J connectivity index is 0.000000505. The SMILES string of the molecule is O=C(O)C(F)(F)F.O=C(O)c1ccc(N2CCN(c3ccccc3F)CC2)c(NS(=O)(=O)c2cccs2)c1. The average Bonchev–Trinajstić information content (AvgIpc) is 3.40. The molecule has 0 amide bonds. The van der Waals surface area contributed by atoms with Crippen LogP contribution in [0.15, 0.2) is 64.2 Å². The lowest BCUT2D eigenvalue weighted by molar-refractivity contribution is -0.192. The van der Waals surface area contributed by atoms with Crippen LogP contribution in [-0.2, 0) is 14.8 Å². The standard InChI is InChI=1S/C21H20FN3O4S2.C2HF3O2/c22-16-4-1-2-5-18(16)24-9-11-25(12-10-24)19-8-7-15(21(26)27)14-17(19)23-31(28,29)20-6-3-13-30-20;3-2(4,5)1(6)7/h1-8,13-14,23H,9-12H2,(H,26,27);(H,6,7). The van der Waals surface area contributed by atoms with Crippen molar-refractivity contribution in [1.82, 2.24) is 0 Å². The van der Waals surface area contributed by atoms with E-state index in [0.717, 1.165) is 11.3 Å². The summed E-state index contributed by atoms with van der Waals surface area (Å²) in [6.45, 7) is 2.13. The van der Waals surface area contributed by atoms with Crippen molar-refractivity contribution in [2.45, 2.75) is 10.4 Å². The predicted molar refractivity (Wildman–Crippen MR) is 133 cm³/mol. The Labute approximate surface area is 218 Å². The lowest BCUT2D eigenvalue weighted by Crippen LogP contribution is -2.47. The average molecular weight is 576 g/mol. The Morgan fingerprint density at radius 3 is 1.97 bits per heavy atom. The van der Waals surface area contributed by atoms with Crippen molar-refractivity contribution in [3.63, 3.8) is 0 Å². The summed E-state index contributed by atoms with van der Waals surface area (Å²) in [5, 5.41) is 18.1. The predicted octanol–water partition coefficient (Wildman–Crippen LogP) is 4.35. The number of carbonyl (C=O) groups is 2. The number of nitrogens with zero attached hydrogens (tertiary/aromatic N) is 2. The summed E-state index contributed by atoms with van der Waals surface area (Å²) in [7, 11) is -3.84. The van der Waals surface area contributed by atoms with Crippen LogP contribution in [0.25, 0.3) is 0 Å². The van der Waals surface area contributed by atoms with Crippen LogP contribution in [-0.4, -0.2) is 62.9 Å². The van der Waals surface area contributed by atoms with Gasteiger partial charge in [-0.2, -0.15) is 13.2 Å². The van der Waals surface area contributed by atoms with E-state index >= 15 is 0 Å². The number of carboxylic acid groups (broad SMARTS) is 2. The van der Waals surface area contributed by atoms with Gasteiger partial charge in [0.05, 0.1) is 22.6 Å². The summed E-state index contributed by atoms with van der Waals surface area (Å²) in [5.41, 5.74) is 1.30. The Bertz CT molecular complexity index is 1390. The van der Waals surface area contributed by atoms with Crippen LogP contribution in [0.1, 0.15) is 10.4 Å². The molecule has 1 aromatic heterocycles. The van der Waals surface area contributed by atoms with E-state index in [1.165, 1.54) is 24.3 Å². The molecule has 0 aliphatic carbocycles. The molecule has 1 saturated heterocycles. The number of sulfonamides is 1. The molecule has 4 rings (SSSR count). The fourth-order valence-corrected chi connectivity index (χ4v) is 5.59. The van der Waals surface area contributed by atoms with Gasteiger partial charge in [-0.1, -0.05) is 18.2 Å². The Morgan fingerprint density at radius 1 is 0.895 bits per heavy atom. The number of anilines is 3. The summed E-state index contributed by atoms with van der Waals surface area (Å²) in [5.74, 6) is -4.19. The van der Waals surface area contributed by atoms with Crippen LogP contribution in [0.2, 0.25) is 0 Å². The van der Waals surface area contributed by atoms with Crippen molar-refractivity contribution in [2.75, 3.05) is 40.7 Å². The number of halogens is 4. The van der Waals surface area contributed by atoms with Gasteiger partial charge in [-0.05, 0) is 41.8 Å². The van der Waals surface area contributed by atoms with Gasteiger partial charge in [-0.15, -0.1) is 11.3 Å². The number of nitrogens with one attached hydrogen (secondary N) is 1. The maximum Gasteiger partial charge on any atom is 0.490 e. The zero-order valence-corrected chi connectivity index (χ0v) is 21.0. The molecule has 3 aromatic rings. The molecule has 0 unspecified atom stereocenters. The first-order valence-electron chi connectivity index (χ1n) is 10.8. The van der Waals surface area contributed by atoms with Crippen LogP contribution < -0.4 is 14.5 Å². The monoisotopic (exact) mass is 575 g/mol. The van der Waals surface area contributed by atoms with Crippen molar-refractivity contribution >= 4 is 50.4 Å². The Morgan fingerprint density at radius 2 is 1.47 bits per heavy atom. The van der Waals surface area contributed by atoms with E-state index in [1.807, 2.05) is 9.80 Å². The molecule has 2 aromatic carbocycles. The quantitative estimate of drug-likeness (QED) is 0.371. The van der Waals surface area contributed by atoms with E-state index in [-0.39, 0.29) is 21.3 Å². The summed E-state index contributed by atoms with van der Waals surface area (Å²) in [4.78, 5) is 24.2. The Hall–Kier alpha value is -3.85. The number of thiophene rings is 1. The molecule has 9 nitrogen and oxygen atoms in total. The molecule has 38 heavy (non-hydrogen) atoms. The van der Waals surface area contributed by atoms with Gasteiger partial charge in [0, 0.05) is 26.2 Å². The minimum absolute atomic E-state index is 0.0161. The van der Waals surface area contributed by atoms with Gasteiger partial charge >= 0.3 is 18.1 Å². The summed E-state index contributed by atoms with van der Waals surface area (Å²) in [6, 6.07) is 14.1. The topological polar surface area (TPSA) is 127 Å². The van der Waals surface area contributed by atoms with Crippen molar-refractivity contribution in [1.29, 1.82) is 0 Å². The number of rotatable bonds is 6. The zero-order chi connectivity index (χ0) is 28.1. The highest BCUT2D eigenvalue weighted by Gasteiger charge is 2.38.